The van der Waals surface area contributed by atoms with E-state index >= 15 is 0 Å². The maximum absolute atomic E-state index is 2.45. The van der Waals surface area contributed by atoms with Crippen LogP contribution >= 0.6 is 0 Å². The predicted octanol–water partition coefficient (Wildman–Crippen LogP) is 25.2. The summed E-state index contributed by atoms with van der Waals surface area (Å²) in [4.78, 5) is 14.3. The summed E-state index contributed by atoms with van der Waals surface area (Å²) < 4.78 is 13.5. The van der Waals surface area contributed by atoms with E-state index in [4.69, 9.17) is 0 Å². The summed E-state index contributed by atoms with van der Waals surface area (Å²) >= 11 is 0. The highest BCUT2D eigenvalue weighted by molar-refractivity contribution is 5.84. The summed E-state index contributed by atoms with van der Waals surface area (Å²) in [5, 5.41) is 0. The second kappa shape index (κ2) is 40.3. The zero-order valence-electron chi connectivity index (χ0n) is 82.2. The van der Waals surface area contributed by atoms with E-state index < -0.39 is 0 Å². The first kappa shape index (κ1) is 92.0. The number of hydrogen-bond acceptors (Lipinski definition) is 6. The predicted molar refractivity (Wildman–Crippen MR) is 554 cm³/mol. The van der Waals surface area contributed by atoms with Crippen molar-refractivity contribution in [2.45, 2.75) is 181 Å². The lowest BCUT2D eigenvalue weighted by Gasteiger charge is -2.29. The molecule has 0 N–H and O–H groups in total. The fourth-order valence-corrected chi connectivity index (χ4v) is 21.3. The van der Waals surface area contributed by atoms with Gasteiger partial charge in [0.05, 0.1) is 67.7 Å². The molecule has 15 aromatic rings. The smallest absolute Gasteiger partial charge is 0.171 e. The summed E-state index contributed by atoms with van der Waals surface area (Å²) in [5.41, 5.74) is 43.5. The van der Waals surface area contributed by atoms with Gasteiger partial charge in [0, 0.05) is 34.1 Å². The number of nitrogens with zero attached hydrogens (tertiary/aromatic N) is 12. The van der Waals surface area contributed by atoms with Crippen LogP contribution < -0.4 is 52.2 Å². The van der Waals surface area contributed by atoms with Crippen LogP contribution in [0.25, 0.3) is 5.70 Å². The fraction of sp³-hybridized carbons (Fsp3) is 0.220. The third-order valence-corrected chi connectivity index (χ3v) is 26.9. The first-order valence-corrected chi connectivity index (χ1v) is 47.8. The van der Waals surface area contributed by atoms with Crippen molar-refractivity contribution in [3.63, 3.8) is 0 Å². The Kier molecular flexibility index (Phi) is 27.4. The molecule has 10 aromatic carbocycles. The van der Waals surface area contributed by atoms with Crippen LogP contribution in [0.1, 0.15) is 196 Å². The molecule has 22 rings (SSSR count). The Morgan fingerprint density at radius 2 is 0.770 bits per heavy atom. The number of aryl methyl sites for hydroxylation is 16. The van der Waals surface area contributed by atoms with Gasteiger partial charge in [-0.25, -0.2) is 0 Å². The number of hydrogen-bond donors (Lipinski definition) is 0. The van der Waals surface area contributed by atoms with Crippen LogP contribution in [0, 0.1) is 150 Å². The zero-order valence-corrected chi connectivity index (χ0v) is 82.2. The average Bonchev–Trinajstić information content (AvgIpc) is 1.61. The van der Waals surface area contributed by atoms with Crippen molar-refractivity contribution >= 4 is 46.2 Å². The molecule has 0 saturated carbocycles. The molecule has 5 aromatic heterocycles. The Morgan fingerprint density at radius 1 is 0.363 bits per heavy atom. The molecule has 0 aliphatic carbocycles. The molecule has 0 fully saturated rings. The van der Waals surface area contributed by atoms with Gasteiger partial charge in [-0.3, -0.25) is 4.90 Å². The van der Waals surface area contributed by atoms with Gasteiger partial charge in [-0.05, 0) is 226 Å². The third-order valence-electron chi connectivity index (χ3n) is 26.9. The monoisotopic (exact) mass is 1780 g/mol. The number of fused-ring (bicyclic) bond motifs is 6. The zero-order chi connectivity index (χ0) is 94.4. The van der Waals surface area contributed by atoms with E-state index in [0.717, 1.165) is 19.5 Å². The Labute approximate surface area is 804 Å². The van der Waals surface area contributed by atoms with Crippen LogP contribution in [0.5, 0.6) is 0 Å². The van der Waals surface area contributed by atoms with Crippen molar-refractivity contribution < 1.29 is 27.4 Å². The van der Waals surface area contributed by atoms with Crippen molar-refractivity contribution in [2.75, 3.05) is 29.4 Å². The Morgan fingerprint density at radius 3 is 1.28 bits per heavy atom. The SMILES string of the molecule is CC(C)c1ccc(N2C=[N+]3C(c4ccccc4)=CC=C[C-]3C2c2ccccc2)cc1.Cc1cc(C)c(N2[CH-][n+]3c(C)cccc3C2)c(C)c1.Cc1cc(C)c(N2[CH-][n+]3ccccc3C2)c(C)c1.Cc1cc(C)c(N2[CH-][n+]3ccccc3C2C)c(C)c1.Cc1cc(C)c(N2[CH-][n+]3ccccc3C2Cc2ccccc2)c(C)c1.Cc1cc(C)c(N2[CH-][n+]3ccccc3C2c2ccccc2)c(C)c1. The first-order chi connectivity index (χ1) is 65.3. The van der Waals surface area contributed by atoms with Crippen molar-refractivity contribution in [1.82, 2.24) is 0 Å². The van der Waals surface area contributed by atoms with Gasteiger partial charge in [-0.15, -0.1) is 6.08 Å². The molecule has 7 aliphatic rings. The molecule has 12 heteroatoms. The molecule has 135 heavy (non-hydrogen) atoms. The van der Waals surface area contributed by atoms with Crippen LogP contribution in [-0.4, -0.2) is 10.9 Å². The molecule has 7 aliphatic heterocycles. The normalized spacial score (nSPS) is 15.8. The van der Waals surface area contributed by atoms with Crippen molar-refractivity contribution in [2.24, 2.45) is 0 Å². The number of aromatic nitrogens is 5. The minimum atomic E-state index is 0.139. The highest BCUT2D eigenvalue weighted by Gasteiger charge is 2.41. The minimum absolute atomic E-state index is 0.139. The molecule has 12 heterocycles. The van der Waals surface area contributed by atoms with Gasteiger partial charge < -0.3 is 51.9 Å². The van der Waals surface area contributed by atoms with E-state index in [0.29, 0.717) is 18.0 Å². The van der Waals surface area contributed by atoms with Gasteiger partial charge in [0.1, 0.15) is 73.5 Å². The molecular formula is C123H130N12. The lowest BCUT2D eigenvalue weighted by atomic mass is 9.95. The molecular weight excluding hydrogens is 1650 g/mol. The lowest BCUT2D eigenvalue weighted by Crippen LogP contribution is -2.37. The molecule has 0 spiro atoms. The molecule has 0 radical (unpaired) electrons. The topological polar surface area (TPSA) is 41.9 Å². The Hall–Kier alpha value is -14.9. The average molecular weight is 1780 g/mol. The summed E-state index contributed by atoms with van der Waals surface area (Å²) in [5.74, 6) is 0.530. The maximum atomic E-state index is 2.45. The van der Waals surface area contributed by atoms with Gasteiger partial charge in [0.25, 0.3) is 0 Å². The number of anilines is 6. The van der Waals surface area contributed by atoms with Crippen molar-refractivity contribution in [1.29, 1.82) is 0 Å². The molecule has 0 amide bonds. The van der Waals surface area contributed by atoms with E-state index in [1.54, 1.807) is 0 Å². The molecule has 4 atom stereocenters. The molecule has 12 nitrogen and oxygen atoms in total. The van der Waals surface area contributed by atoms with E-state index in [1.807, 2.05) is 0 Å². The maximum Gasteiger partial charge on any atom is 0.171 e. The van der Waals surface area contributed by atoms with Gasteiger partial charge in [-0.2, -0.15) is 0 Å². The van der Waals surface area contributed by atoms with E-state index in [1.165, 1.54) is 191 Å². The standard InChI is InChI=1S/C28H26N2.C23H24N2.C22H22N2.2C17H20N2.C16H18N2/c1-21(2)22-16-18-25(19-17-22)29-20-30-26(23-10-5-3-6-11-23)14-9-15-27(30)28(29)24-12-7-4-8-13-24;1-17-13-18(2)23(19(3)14-17)25-16-24-12-8-7-11-21(24)22(25)15-20-9-5-4-6-10-20;1-16-13-17(2)21(18(3)14-16)24-15-23-12-8-7-11-20(23)22(24)19-9-5-4-6-10-19;1-12-8-13(2)17(14(3)9-12)18-10-16-7-5-6-15(4)19(16)11-18;1-12-9-13(2)17(14(3)10-12)19-11-18-8-6-5-7-16(18)15(19)4;1-12-8-13(2)16(14(3)9-12)18-10-15-6-4-5-7-17(15)11-18/h3-21,28H,1-2H3;4-14,16,22H,15H2,1-3H3;4-15,22H,1-3H3;5-9,11H,10H2,1-4H3;5-11,15H,1-4H3;4-9,11H,10H2,1-3H3. The minimum Gasteiger partial charge on any atom is -0.348 e. The first-order valence-electron chi connectivity index (χ1n) is 47.8. The second-order valence-electron chi connectivity index (χ2n) is 37.9. The lowest BCUT2D eigenvalue weighted by molar-refractivity contribution is -0.636. The quantitative estimate of drug-likeness (QED) is 0.0897. The van der Waals surface area contributed by atoms with E-state index in [9.17, 15) is 0 Å². The molecule has 682 valence electrons. The van der Waals surface area contributed by atoms with Gasteiger partial charge in [-0.1, -0.05) is 339 Å². The summed E-state index contributed by atoms with van der Waals surface area (Å²) in [6.07, 6.45) is 18.3. The Balaban J connectivity index is 0.000000114. The summed E-state index contributed by atoms with van der Waals surface area (Å²) in [7, 11) is 0. The molecule has 0 saturated heterocycles. The summed E-state index contributed by atoms with van der Waals surface area (Å²) in [6, 6.07) is 109. The van der Waals surface area contributed by atoms with Crippen LogP contribution in [0.3, 0.4) is 0 Å². The van der Waals surface area contributed by atoms with E-state index in [-0.39, 0.29) is 12.1 Å². The van der Waals surface area contributed by atoms with E-state index in [2.05, 4.69) is 568 Å². The second-order valence-corrected chi connectivity index (χ2v) is 37.9. The van der Waals surface area contributed by atoms with Gasteiger partial charge in [0.15, 0.2) is 6.34 Å². The Bertz CT molecular complexity index is 6730. The fourth-order valence-electron chi connectivity index (χ4n) is 21.3. The van der Waals surface area contributed by atoms with Crippen LogP contribution in [0.2, 0.25) is 0 Å². The van der Waals surface area contributed by atoms with Gasteiger partial charge in [0.2, 0.25) is 0 Å². The third kappa shape index (κ3) is 19.8. The number of allylic oxidation sites excluding steroid dienone is 2. The number of pyridine rings is 5. The highest BCUT2D eigenvalue weighted by atomic mass is 15.4. The van der Waals surface area contributed by atoms with Crippen LogP contribution in [0.4, 0.5) is 34.1 Å². The van der Waals surface area contributed by atoms with Crippen molar-refractivity contribution in [3.8, 4) is 0 Å². The number of rotatable bonds is 12. The van der Waals surface area contributed by atoms with Crippen molar-refractivity contribution in [3.05, 3.63) is 525 Å². The largest absolute Gasteiger partial charge is 0.348 e. The number of benzene rings is 10. The highest BCUT2D eigenvalue weighted by Crippen LogP contribution is 2.46. The van der Waals surface area contributed by atoms with Gasteiger partial charge >= 0.3 is 0 Å². The molecule has 0 bridgehead atoms. The van der Waals surface area contributed by atoms with Crippen LogP contribution in [0.15, 0.2) is 340 Å². The van der Waals surface area contributed by atoms with Crippen LogP contribution in [-0.2, 0) is 19.5 Å². The summed E-state index contributed by atoms with van der Waals surface area (Å²) in [6.45, 7) is 54.7. The molecule has 4 unspecified atom stereocenters.